The molecule has 0 aliphatic rings. The first-order chi connectivity index (χ1) is 8.00. The van der Waals surface area contributed by atoms with Gasteiger partial charge in [0.25, 0.3) is 0 Å². The highest BCUT2D eigenvalue weighted by molar-refractivity contribution is 6.46. The third-order valence-electron chi connectivity index (χ3n) is 2.13. The maximum atomic E-state index is 6.11. The van der Waals surface area contributed by atoms with E-state index in [0.717, 1.165) is 0 Å². The molecule has 0 fully saturated rings. The van der Waals surface area contributed by atoms with Crippen LogP contribution < -0.4 is 0 Å². The van der Waals surface area contributed by atoms with Crippen molar-refractivity contribution in [3.8, 4) is 11.1 Å². The van der Waals surface area contributed by atoms with E-state index in [9.17, 15) is 0 Å². The summed E-state index contributed by atoms with van der Waals surface area (Å²) in [4.78, 5) is 3.86. The molecule has 0 aliphatic carbocycles. The Bertz CT molecular complexity index is 582. The van der Waals surface area contributed by atoms with Crippen molar-refractivity contribution in [1.29, 1.82) is 0 Å². The molecule has 1 nitrogen and oxygen atoms in total. The lowest BCUT2D eigenvalue weighted by molar-refractivity contribution is 1.33. The minimum atomic E-state index is 0.205. The summed E-state index contributed by atoms with van der Waals surface area (Å²) in [5, 5.41) is 1.72. The summed E-state index contributed by atoms with van der Waals surface area (Å²) in [7, 11) is 0. The molecular weight excluding hydrogens is 323 g/mol. The van der Waals surface area contributed by atoms with Crippen molar-refractivity contribution >= 4 is 58.0 Å². The Morgan fingerprint density at radius 2 is 1.53 bits per heavy atom. The third kappa shape index (κ3) is 2.64. The smallest absolute Gasteiger partial charge is 0.148 e. The summed E-state index contributed by atoms with van der Waals surface area (Å²) >= 11 is 29.9. The molecule has 0 unspecified atom stereocenters. The molecule has 0 saturated carbocycles. The molecule has 0 aliphatic heterocycles. The summed E-state index contributed by atoms with van der Waals surface area (Å²) in [6.07, 6.45) is 1.54. The van der Waals surface area contributed by atoms with Gasteiger partial charge in [0.1, 0.15) is 5.15 Å². The Morgan fingerprint density at radius 3 is 2.24 bits per heavy atom. The number of aromatic nitrogens is 1. The van der Waals surface area contributed by atoms with Crippen LogP contribution in [0.2, 0.25) is 25.2 Å². The van der Waals surface area contributed by atoms with E-state index in [-0.39, 0.29) is 5.15 Å². The zero-order chi connectivity index (χ0) is 12.6. The first-order valence-electron chi connectivity index (χ1n) is 4.45. The van der Waals surface area contributed by atoms with Crippen molar-refractivity contribution < 1.29 is 0 Å². The van der Waals surface area contributed by atoms with Gasteiger partial charge in [-0.05, 0) is 18.2 Å². The van der Waals surface area contributed by atoms with Gasteiger partial charge in [-0.3, -0.25) is 0 Å². The fraction of sp³-hybridized carbons (Fsp3) is 0. The van der Waals surface area contributed by atoms with Crippen molar-refractivity contribution in [2.75, 3.05) is 0 Å². The van der Waals surface area contributed by atoms with Gasteiger partial charge in [-0.1, -0.05) is 58.0 Å². The van der Waals surface area contributed by atoms with E-state index in [1.165, 1.54) is 6.20 Å². The molecular formula is C11H4Cl5N. The Kier molecular flexibility index (Phi) is 4.06. The molecule has 1 aromatic carbocycles. The molecule has 0 saturated heterocycles. The average molecular weight is 327 g/mol. The van der Waals surface area contributed by atoms with Gasteiger partial charge in [0, 0.05) is 22.3 Å². The molecule has 2 rings (SSSR count). The summed E-state index contributed by atoms with van der Waals surface area (Å²) < 4.78 is 0. The van der Waals surface area contributed by atoms with Gasteiger partial charge in [-0.15, -0.1) is 0 Å². The molecule has 0 atom stereocenters. The minimum Gasteiger partial charge on any atom is -0.243 e. The predicted octanol–water partition coefficient (Wildman–Crippen LogP) is 6.02. The number of nitrogens with zero attached hydrogens (tertiary/aromatic N) is 1. The van der Waals surface area contributed by atoms with Crippen molar-refractivity contribution in [2.24, 2.45) is 0 Å². The molecule has 17 heavy (non-hydrogen) atoms. The molecule has 1 heterocycles. The molecule has 0 amide bonds. The van der Waals surface area contributed by atoms with Gasteiger partial charge in [0.15, 0.2) is 0 Å². The van der Waals surface area contributed by atoms with Crippen LogP contribution in [0.15, 0.2) is 24.4 Å². The van der Waals surface area contributed by atoms with E-state index < -0.39 is 0 Å². The second-order valence-corrected chi connectivity index (χ2v) is 5.17. The summed E-state index contributed by atoms with van der Waals surface area (Å²) in [6, 6.07) is 4.93. The molecule has 88 valence electrons. The summed E-state index contributed by atoms with van der Waals surface area (Å²) in [5.74, 6) is 0. The average Bonchev–Trinajstić information content (AvgIpc) is 2.27. The molecule has 2 aromatic rings. The summed E-state index contributed by atoms with van der Waals surface area (Å²) in [5.41, 5.74) is 1.26. The lowest BCUT2D eigenvalue weighted by atomic mass is 10.1. The zero-order valence-electron chi connectivity index (χ0n) is 8.15. The Labute approximate surface area is 123 Å². The van der Waals surface area contributed by atoms with Gasteiger partial charge in [-0.2, -0.15) is 0 Å². The van der Waals surface area contributed by atoms with Crippen LogP contribution in [-0.2, 0) is 0 Å². The number of hydrogen-bond donors (Lipinski definition) is 0. The van der Waals surface area contributed by atoms with E-state index >= 15 is 0 Å². The quantitative estimate of drug-likeness (QED) is 0.461. The standard InChI is InChI=1S/C11H4Cl5N/c12-5-3-7(9(14)8(13)4-5)6-1-2-17-11(16)10(6)15/h1-4H. The second-order valence-electron chi connectivity index (χ2n) is 3.21. The van der Waals surface area contributed by atoms with Gasteiger partial charge < -0.3 is 0 Å². The Morgan fingerprint density at radius 1 is 0.824 bits per heavy atom. The fourth-order valence-electron chi connectivity index (χ4n) is 1.38. The van der Waals surface area contributed by atoms with Crippen LogP contribution in [0.25, 0.3) is 11.1 Å². The van der Waals surface area contributed by atoms with E-state index in [0.29, 0.717) is 31.2 Å². The molecule has 6 heteroatoms. The van der Waals surface area contributed by atoms with Crippen LogP contribution in [0.5, 0.6) is 0 Å². The molecule has 0 spiro atoms. The maximum Gasteiger partial charge on any atom is 0.148 e. The highest BCUT2D eigenvalue weighted by Gasteiger charge is 2.14. The van der Waals surface area contributed by atoms with Gasteiger partial charge in [0.2, 0.25) is 0 Å². The van der Waals surface area contributed by atoms with Crippen LogP contribution in [0.4, 0.5) is 0 Å². The van der Waals surface area contributed by atoms with Crippen molar-refractivity contribution in [1.82, 2.24) is 4.98 Å². The number of halogens is 5. The normalized spacial score (nSPS) is 10.6. The largest absolute Gasteiger partial charge is 0.243 e. The first-order valence-corrected chi connectivity index (χ1v) is 6.34. The highest BCUT2D eigenvalue weighted by atomic mass is 35.5. The van der Waals surface area contributed by atoms with Crippen molar-refractivity contribution in [2.45, 2.75) is 0 Å². The monoisotopic (exact) mass is 325 g/mol. The van der Waals surface area contributed by atoms with Gasteiger partial charge >= 0.3 is 0 Å². The lowest BCUT2D eigenvalue weighted by Crippen LogP contribution is -1.86. The zero-order valence-corrected chi connectivity index (χ0v) is 11.9. The van der Waals surface area contributed by atoms with E-state index in [1.54, 1.807) is 18.2 Å². The van der Waals surface area contributed by atoms with Gasteiger partial charge in [-0.25, -0.2) is 4.98 Å². The SMILES string of the molecule is Clc1cc(Cl)c(Cl)c(-c2ccnc(Cl)c2Cl)c1. The Balaban J connectivity index is 2.73. The van der Waals surface area contributed by atoms with Crippen molar-refractivity contribution in [3.05, 3.63) is 49.6 Å². The van der Waals surface area contributed by atoms with E-state index in [4.69, 9.17) is 58.0 Å². The maximum absolute atomic E-state index is 6.11. The molecule has 1 aromatic heterocycles. The van der Waals surface area contributed by atoms with Crippen LogP contribution in [0.3, 0.4) is 0 Å². The lowest BCUT2D eigenvalue weighted by Gasteiger charge is -2.09. The van der Waals surface area contributed by atoms with Crippen molar-refractivity contribution in [3.63, 3.8) is 0 Å². The number of rotatable bonds is 1. The topological polar surface area (TPSA) is 12.9 Å². The van der Waals surface area contributed by atoms with Crippen LogP contribution in [-0.4, -0.2) is 4.98 Å². The van der Waals surface area contributed by atoms with E-state index in [1.807, 2.05) is 0 Å². The van der Waals surface area contributed by atoms with Crippen LogP contribution >= 0.6 is 58.0 Å². The molecule has 0 radical (unpaired) electrons. The second kappa shape index (κ2) is 5.21. The first kappa shape index (κ1) is 13.3. The number of hydrogen-bond acceptors (Lipinski definition) is 1. The number of benzene rings is 1. The van der Waals surface area contributed by atoms with Gasteiger partial charge in [0.05, 0.1) is 15.1 Å². The number of pyridine rings is 1. The third-order valence-corrected chi connectivity index (χ3v) is 3.92. The van der Waals surface area contributed by atoms with Crippen LogP contribution in [0, 0.1) is 0 Å². The summed E-state index contributed by atoms with van der Waals surface area (Å²) in [6.45, 7) is 0. The molecule has 0 bridgehead atoms. The molecule has 0 N–H and O–H groups in total. The minimum absolute atomic E-state index is 0.205. The predicted molar refractivity (Wildman–Crippen MR) is 74.7 cm³/mol. The Hall–Kier alpha value is -0.180. The van der Waals surface area contributed by atoms with Crippen LogP contribution in [0.1, 0.15) is 0 Å². The highest BCUT2D eigenvalue weighted by Crippen LogP contribution is 2.40. The fourth-order valence-corrected chi connectivity index (χ4v) is 2.45. The van der Waals surface area contributed by atoms with E-state index in [2.05, 4.69) is 4.98 Å².